The predicted molar refractivity (Wildman–Crippen MR) is 62.3 cm³/mol. The van der Waals surface area contributed by atoms with Gasteiger partial charge < -0.3 is 9.47 Å². The molecule has 0 aliphatic heterocycles. The maximum atomic E-state index is 13.3. The largest absolute Gasteiger partial charge is 0.459 e. The van der Waals surface area contributed by atoms with Gasteiger partial charge in [0, 0.05) is 12.8 Å². The molecule has 0 heterocycles. The van der Waals surface area contributed by atoms with Crippen LogP contribution in [0.4, 0.5) is 35.1 Å². The highest BCUT2D eigenvalue weighted by Gasteiger charge is 2.81. The van der Waals surface area contributed by atoms with E-state index in [-0.39, 0.29) is 0 Å². The Labute approximate surface area is 131 Å². The van der Waals surface area contributed by atoms with Gasteiger partial charge in [0.15, 0.2) is 13.2 Å². The molecule has 0 spiro atoms. The molecule has 0 atom stereocenters. The summed E-state index contributed by atoms with van der Waals surface area (Å²) < 4.78 is 114. The van der Waals surface area contributed by atoms with Crippen molar-refractivity contribution in [1.82, 2.24) is 0 Å². The second-order valence-corrected chi connectivity index (χ2v) is 4.59. The SMILES string of the molecule is CCC(=O)OCC(F)(F)C(F)(F)C(F)(F)C(F)(F)COC(=O)CC. The minimum atomic E-state index is -6.59. The van der Waals surface area contributed by atoms with Crippen molar-refractivity contribution in [3.05, 3.63) is 0 Å². The first-order valence-electron chi connectivity index (χ1n) is 6.48. The molecule has 0 amide bonds. The molecule has 0 rings (SSSR count). The summed E-state index contributed by atoms with van der Waals surface area (Å²) in [6, 6.07) is 0. The van der Waals surface area contributed by atoms with E-state index in [1.807, 2.05) is 0 Å². The molecule has 0 aliphatic rings. The van der Waals surface area contributed by atoms with E-state index in [0.29, 0.717) is 0 Å². The second-order valence-electron chi connectivity index (χ2n) is 4.59. The van der Waals surface area contributed by atoms with Crippen molar-refractivity contribution >= 4 is 11.9 Å². The quantitative estimate of drug-likeness (QED) is 0.458. The van der Waals surface area contributed by atoms with Gasteiger partial charge in [-0.25, -0.2) is 0 Å². The Hall–Kier alpha value is -1.62. The van der Waals surface area contributed by atoms with Gasteiger partial charge in [-0.3, -0.25) is 9.59 Å². The first-order chi connectivity index (χ1) is 10.7. The number of rotatable bonds is 9. The topological polar surface area (TPSA) is 52.6 Å². The fourth-order valence-corrected chi connectivity index (χ4v) is 1.19. The monoisotopic (exact) mass is 374 g/mol. The van der Waals surface area contributed by atoms with E-state index >= 15 is 0 Å². The Morgan fingerprint density at radius 1 is 0.667 bits per heavy atom. The zero-order chi connectivity index (χ0) is 19.4. The van der Waals surface area contributed by atoms with E-state index in [4.69, 9.17) is 0 Å². The number of alkyl halides is 8. The van der Waals surface area contributed by atoms with Gasteiger partial charge in [0.2, 0.25) is 0 Å². The molecule has 0 radical (unpaired) electrons. The van der Waals surface area contributed by atoms with Gasteiger partial charge in [-0.05, 0) is 0 Å². The third kappa shape index (κ3) is 4.47. The average molecular weight is 374 g/mol. The van der Waals surface area contributed by atoms with Crippen LogP contribution in [0.15, 0.2) is 0 Å². The molecule has 0 fully saturated rings. The number of hydrogen-bond acceptors (Lipinski definition) is 4. The van der Waals surface area contributed by atoms with Crippen LogP contribution >= 0.6 is 0 Å². The van der Waals surface area contributed by atoms with Crippen molar-refractivity contribution in [2.45, 2.75) is 50.4 Å². The van der Waals surface area contributed by atoms with Gasteiger partial charge in [-0.1, -0.05) is 13.8 Å². The highest BCUT2D eigenvalue weighted by Crippen LogP contribution is 2.52. The van der Waals surface area contributed by atoms with E-state index in [1.54, 1.807) is 0 Å². The molecule has 0 aromatic carbocycles. The highest BCUT2D eigenvalue weighted by molar-refractivity contribution is 5.69. The van der Waals surface area contributed by atoms with Gasteiger partial charge in [-0.15, -0.1) is 0 Å². The normalized spacial score (nSPS) is 13.6. The summed E-state index contributed by atoms with van der Waals surface area (Å²) in [6.45, 7) is -2.84. The lowest BCUT2D eigenvalue weighted by Gasteiger charge is -2.36. The summed E-state index contributed by atoms with van der Waals surface area (Å²) in [5.41, 5.74) is 0. The third-order valence-electron chi connectivity index (χ3n) is 2.72. The number of ether oxygens (including phenoxy) is 2. The number of carbonyl (C=O) groups excluding carboxylic acids is 2. The minimum absolute atomic E-state index is 0.527. The van der Waals surface area contributed by atoms with Crippen LogP contribution < -0.4 is 0 Å². The molecule has 24 heavy (non-hydrogen) atoms. The van der Waals surface area contributed by atoms with E-state index in [2.05, 4.69) is 9.47 Å². The lowest BCUT2D eigenvalue weighted by Crippen LogP contribution is -2.64. The van der Waals surface area contributed by atoms with Crippen molar-refractivity contribution in [2.24, 2.45) is 0 Å². The summed E-state index contributed by atoms with van der Waals surface area (Å²) >= 11 is 0. The summed E-state index contributed by atoms with van der Waals surface area (Å²) in [7, 11) is 0. The molecule has 12 heteroatoms. The Morgan fingerprint density at radius 2 is 0.917 bits per heavy atom. The van der Waals surface area contributed by atoms with Crippen molar-refractivity contribution in [3.63, 3.8) is 0 Å². The van der Waals surface area contributed by atoms with Crippen molar-refractivity contribution in [1.29, 1.82) is 0 Å². The van der Waals surface area contributed by atoms with E-state index in [9.17, 15) is 44.7 Å². The van der Waals surface area contributed by atoms with Crippen LogP contribution in [0.2, 0.25) is 0 Å². The van der Waals surface area contributed by atoms with Crippen LogP contribution in [0, 0.1) is 0 Å². The molecule has 0 aromatic heterocycles. The summed E-state index contributed by atoms with van der Waals surface area (Å²) in [6.07, 6.45) is -1.05. The van der Waals surface area contributed by atoms with E-state index in [0.717, 1.165) is 13.8 Å². The first-order valence-corrected chi connectivity index (χ1v) is 6.48. The van der Waals surface area contributed by atoms with Gasteiger partial charge in [0.05, 0.1) is 0 Å². The Bertz CT molecular complexity index is 422. The Kier molecular flexibility index (Phi) is 7.01. The number of esters is 2. The van der Waals surface area contributed by atoms with Crippen LogP contribution in [0.1, 0.15) is 26.7 Å². The molecule has 142 valence electrons. The maximum Gasteiger partial charge on any atom is 0.381 e. The molecule has 0 aliphatic carbocycles. The van der Waals surface area contributed by atoms with Crippen LogP contribution in [-0.4, -0.2) is 48.8 Å². The van der Waals surface area contributed by atoms with Crippen LogP contribution in [-0.2, 0) is 19.1 Å². The van der Waals surface area contributed by atoms with Crippen molar-refractivity contribution < 1.29 is 54.2 Å². The predicted octanol–water partition coefficient (Wildman–Crippen LogP) is 3.43. The zero-order valence-corrected chi connectivity index (χ0v) is 12.5. The maximum absolute atomic E-state index is 13.3. The molecule has 0 aromatic rings. The lowest BCUT2D eigenvalue weighted by atomic mass is 9.99. The van der Waals surface area contributed by atoms with Gasteiger partial charge >= 0.3 is 35.6 Å². The Morgan fingerprint density at radius 3 is 1.12 bits per heavy atom. The van der Waals surface area contributed by atoms with Crippen molar-refractivity contribution in [2.75, 3.05) is 13.2 Å². The lowest BCUT2D eigenvalue weighted by molar-refractivity contribution is -0.374. The summed E-state index contributed by atoms with van der Waals surface area (Å²) in [4.78, 5) is 21.3. The first kappa shape index (κ1) is 22.4. The molecule has 0 unspecified atom stereocenters. The fourth-order valence-electron chi connectivity index (χ4n) is 1.19. The third-order valence-corrected chi connectivity index (χ3v) is 2.72. The average Bonchev–Trinajstić information content (AvgIpc) is 2.49. The van der Waals surface area contributed by atoms with E-state index < -0.39 is 61.7 Å². The second kappa shape index (κ2) is 7.51. The number of carbonyl (C=O) groups is 2. The van der Waals surface area contributed by atoms with Gasteiger partial charge in [0.1, 0.15) is 0 Å². The number of halogens is 8. The van der Waals surface area contributed by atoms with Gasteiger partial charge in [-0.2, -0.15) is 35.1 Å². The van der Waals surface area contributed by atoms with Crippen molar-refractivity contribution in [3.8, 4) is 0 Å². The van der Waals surface area contributed by atoms with Crippen LogP contribution in [0.5, 0.6) is 0 Å². The highest BCUT2D eigenvalue weighted by atomic mass is 19.4. The van der Waals surface area contributed by atoms with Crippen LogP contribution in [0.3, 0.4) is 0 Å². The zero-order valence-electron chi connectivity index (χ0n) is 12.5. The summed E-state index contributed by atoms with van der Waals surface area (Å²) in [5.74, 6) is -27.6. The van der Waals surface area contributed by atoms with E-state index in [1.165, 1.54) is 0 Å². The summed E-state index contributed by atoms with van der Waals surface area (Å²) in [5, 5.41) is 0. The van der Waals surface area contributed by atoms with Crippen LogP contribution in [0.25, 0.3) is 0 Å². The molecular formula is C12H14F8O4. The molecule has 0 N–H and O–H groups in total. The molecule has 0 saturated carbocycles. The standard InChI is InChI=1S/C12H14F8O4/c1-3-7(21)23-5-9(13,14)11(17,18)12(19,20)10(15,16)6-24-8(22)4-2/h3-6H2,1-2H3. The molecule has 0 saturated heterocycles. The number of hydrogen-bond donors (Lipinski definition) is 0. The Balaban J connectivity index is 5.38. The smallest absolute Gasteiger partial charge is 0.381 e. The minimum Gasteiger partial charge on any atom is -0.459 e. The molecule has 4 nitrogen and oxygen atoms in total. The molecular weight excluding hydrogens is 360 g/mol. The molecule has 0 bridgehead atoms. The fraction of sp³-hybridized carbons (Fsp3) is 0.833. The van der Waals surface area contributed by atoms with Gasteiger partial charge in [0.25, 0.3) is 0 Å².